The number of aliphatic hydroxyl groups excluding tert-OH is 3. The monoisotopic (exact) mass is 1190 g/mol. The molecular formula is C58H72N14O14. The first kappa shape index (κ1) is 64.1. The van der Waals surface area contributed by atoms with Crippen LogP contribution < -0.4 is 48.7 Å². The summed E-state index contributed by atoms with van der Waals surface area (Å²) in [7, 11) is 0. The van der Waals surface area contributed by atoms with Crippen LogP contribution in [0.15, 0.2) is 104 Å². The molecule has 0 radical (unpaired) electrons. The van der Waals surface area contributed by atoms with E-state index >= 15 is 0 Å². The van der Waals surface area contributed by atoms with E-state index < -0.39 is 132 Å². The van der Waals surface area contributed by atoms with Gasteiger partial charge in [-0.15, -0.1) is 0 Å². The highest BCUT2D eigenvalue weighted by Gasteiger charge is 2.42. The van der Waals surface area contributed by atoms with E-state index in [1.807, 2.05) is 0 Å². The summed E-state index contributed by atoms with van der Waals surface area (Å²) in [6.45, 7) is 1.24. The number of H-pyrrole nitrogens is 3. The molecule has 18 N–H and O–H groups in total. The maximum Gasteiger partial charge on any atom is 0.328 e. The van der Waals surface area contributed by atoms with Gasteiger partial charge in [-0.3, -0.25) is 43.2 Å². The minimum Gasteiger partial charge on any atom is -0.480 e. The van der Waals surface area contributed by atoms with Crippen LogP contribution in [-0.2, 0) is 73.6 Å². The maximum absolute atomic E-state index is 14.7. The molecule has 0 saturated carbocycles. The number of imidazole rings is 1. The van der Waals surface area contributed by atoms with Gasteiger partial charge in [0, 0.05) is 84.7 Å². The molecule has 0 spiro atoms. The number of rotatable bonds is 30. The van der Waals surface area contributed by atoms with Crippen LogP contribution in [0.4, 0.5) is 0 Å². The molecule has 0 aliphatic carbocycles. The number of aromatic nitrogens is 4. The van der Waals surface area contributed by atoms with Crippen LogP contribution in [0, 0.1) is 0 Å². The fraction of sp³-hybridized carbons (Fsp3) is 0.397. The van der Waals surface area contributed by atoms with Crippen molar-refractivity contribution in [3.05, 3.63) is 126 Å². The Bertz CT molecular complexity index is 3370. The second-order valence-corrected chi connectivity index (χ2v) is 21.2. The van der Waals surface area contributed by atoms with Crippen molar-refractivity contribution in [1.29, 1.82) is 0 Å². The second kappa shape index (κ2) is 29.8. The Hall–Kier alpha value is -9.51. The van der Waals surface area contributed by atoms with E-state index in [1.165, 1.54) is 26.4 Å². The number of aliphatic carboxylic acids is 1. The second-order valence-electron chi connectivity index (χ2n) is 21.2. The van der Waals surface area contributed by atoms with Gasteiger partial charge in [-0.05, 0) is 61.9 Å². The number of benzene rings is 3. The van der Waals surface area contributed by atoms with E-state index in [1.54, 1.807) is 91.3 Å². The Kier molecular flexibility index (Phi) is 22.2. The fourth-order valence-corrected chi connectivity index (χ4v) is 10.1. The van der Waals surface area contributed by atoms with Gasteiger partial charge < -0.3 is 89.0 Å². The van der Waals surface area contributed by atoms with Crippen molar-refractivity contribution in [3.8, 4) is 0 Å². The van der Waals surface area contributed by atoms with E-state index in [-0.39, 0.29) is 57.9 Å². The van der Waals surface area contributed by atoms with E-state index in [2.05, 4.69) is 57.2 Å². The summed E-state index contributed by atoms with van der Waals surface area (Å²) in [5.74, 6) is -9.65. The Labute approximate surface area is 492 Å². The van der Waals surface area contributed by atoms with Crippen molar-refractivity contribution in [1.82, 2.24) is 62.1 Å². The Morgan fingerprint density at radius 2 is 1.10 bits per heavy atom. The molecule has 1 saturated heterocycles. The standard InChI is InChI=1S/C58H72N14O14/c1-30(74)48(57(84)72-20-10-17-46(72)56(83)68-43(54(81)71-49(31(2)75)58(85)86)23-34-26-63-40-16-9-7-14-37(34)40)70-55(82)45(28-73)69-52(79)42(22-33-25-62-39-15-8-6-13-36(33)39)67-51(78)41(21-32-11-4-3-5-12-32)66-53(80)44(24-35-27-61-29-64-35)65-50(77)38(59)18-19-47(60)76/h3-9,11-16,25-27,29-31,38,41-46,48-49,62-63,73-75H,10,17-24,28,59H2,1-2H3,(H2,60,76)(H,61,64)(H,65,77)(H,66,80)(H,67,78)(H,68,83)(H,69,79)(H,70,82)(H,71,81)(H,85,86). The van der Waals surface area contributed by atoms with Crippen molar-refractivity contribution in [2.24, 2.45) is 11.5 Å². The number of nitrogens with one attached hydrogen (secondary N) is 10. The van der Waals surface area contributed by atoms with Crippen molar-refractivity contribution >= 4 is 80.9 Å². The normalized spacial score (nSPS) is 16.6. The summed E-state index contributed by atoms with van der Waals surface area (Å²) in [6, 6.07) is 9.09. The molecule has 11 atom stereocenters. The van der Waals surface area contributed by atoms with E-state index in [9.17, 15) is 68.4 Å². The lowest BCUT2D eigenvalue weighted by Gasteiger charge is -2.32. The van der Waals surface area contributed by atoms with Gasteiger partial charge in [-0.2, -0.15) is 0 Å². The highest BCUT2D eigenvalue weighted by Crippen LogP contribution is 2.24. The third-order valence-corrected chi connectivity index (χ3v) is 14.8. The fourth-order valence-electron chi connectivity index (χ4n) is 10.1. The number of fused-ring (bicyclic) bond motifs is 2. The Morgan fingerprint density at radius 1 is 0.616 bits per heavy atom. The van der Waals surface area contributed by atoms with Gasteiger partial charge in [0.25, 0.3) is 0 Å². The number of carboxylic acids is 1. The molecule has 28 heteroatoms. The van der Waals surface area contributed by atoms with Gasteiger partial charge in [-0.25, -0.2) is 9.78 Å². The van der Waals surface area contributed by atoms with Crippen LogP contribution in [-0.4, -0.2) is 184 Å². The van der Waals surface area contributed by atoms with Crippen LogP contribution in [0.1, 0.15) is 61.9 Å². The molecule has 6 aromatic rings. The molecule has 1 aliphatic rings. The van der Waals surface area contributed by atoms with Crippen molar-refractivity contribution in [3.63, 3.8) is 0 Å². The molecule has 4 heterocycles. The molecule has 3 aromatic carbocycles. The lowest BCUT2D eigenvalue weighted by Crippen LogP contribution is -2.62. The summed E-state index contributed by atoms with van der Waals surface area (Å²) in [6.07, 6.45) is 2.18. The number of hydrogen-bond acceptors (Lipinski definition) is 15. The zero-order valence-electron chi connectivity index (χ0n) is 47.2. The molecule has 7 rings (SSSR count). The van der Waals surface area contributed by atoms with Gasteiger partial charge >= 0.3 is 5.97 Å². The predicted molar refractivity (Wildman–Crippen MR) is 309 cm³/mol. The third kappa shape index (κ3) is 16.9. The summed E-state index contributed by atoms with van der Waals surface area (Å²) in [5.41, 5.74) is 14.8. The van der Waals surface area contributed by atoms with Gasteiger partial charge in [0.2, 0.25) is 53.2 Å². The quantitative estimate of drug-likeness (QED) is 0.0221. The number of para-hydroxylation sites is 2. The lowest BCUT2D eigenvalue weighted by atomic mass is 10.0. The highest BCUT2D eigenvalue weighted by atomic mass is 16.4. The molecule has 3 aromatic heterocycles. The maximum atomic E-state index is 14.7. The number of primary amides is 1. The summed E-state index contributed by atoms with van der Waals surface area (Å²) >= 11 is 0. The van der Waals surface area contributed by atoms with Crippen LogP contribution in [0.2, 0.25) is 0 Å². The van der Waals surface area contributed by atoms with Crippen molar-refractivity contribution in [2.45, 2.75) is 132 Å². The number of nitrogens with zero attached hydrogens (tertiary/aromatic N) is 2. The number of carboxylic acid groups (broad SMARTS) is 1. The van der Waals surface area contributed by atoms with Gasteiger partial charge in [0.15, 0.2) is 6.04 Å². The van der Waals surface area contributed by atoms with Gasteiger partial charge in [-0.1, -0.05) is 66.7 Å². The first-order chi connectivity index (χ1) is 41.1. The summed E-state index contributed by atoms with van der Waals surface area (Å²) < 4.78 is 0. The zero-order chi connectivity index (χ0) is 62.2. The largest absolute Gasteiger partial charge is 0.480 e. The smallest absolute Gasteiger partial charge is 0.328 e. The summed E-state index contributed by atoms with van der Waals surface area (Å²) in [4.78, 5) is 151. The molecule has 1 fully saturated rings. The number of aliphatic hydroxyl groups is 3. The number of hydrogen-bond donors (Lipinski definition) is 16. The van der Waals surface area contributed by atoms with Crippen molar-refractivity contribution in [2.75, 3.05) is 13.2 Å². The molecule has 28 nitrogen and oxygen atoms in total. The van der Waals surface area contributed by atoms with Crippen LogP contribution >= 0.6 is 0 Å². The minimum atomic E-state index is -1.84. The van der Waals surface area contributed by atoms with Gasteiger partial charge in [0.05, 0.1) is 31.2 Å². The average Bonchev–Trinajstić information content (AvgIpc) is 3.18. The van der Waals surface area contributed by atoms with E-state index in [4.69, 9.17) is 11.5 Å². The van der Waals surface area contributed by atoms with Crippen LogP contribution in [0.3, 0.4) is 0 Å². The molecule has 1 aliphatic heterocycles. The predicted octanol–water partition coefficient (Wildman–Crippen LogP) is -2.54. The topological polar surface area (TPSA) is 451 Å². The van der Waals surface area contributed by atoms with E-state index in [0.717, 1.165) is 4.90 Å². The SMILES string of the molecule is CC(O)C(NC(=O)C(Cc1c[nH]c2ccccc12)NC(=O)C1CCCN1C(=O)C(NC(=O)C(CO)NC(=O)C(Cc1c[nH]c2ccccc12)NC(=O)C(Cc1ccccc1)NC(=O)C(Cc1cnc[nH]1)NC(=O)C(N)CCC(N)=O)C(C)O)C(=O)O. The third-order valence-electron chi connectivity index (χ3n) is 14.8. The number of aromatic amines is 3. The molecular weight excluding hydrogens is 1120 g/mol. The van der Waals surface area contributed by atoms with E-state index in [0.29, 0.717) is 44.2 Å². The van der Waals surface area contributed by atoms with Crippen LogP contribution in [0.25, 0.3) is 21.8 Å². The zero-order valence-corrected chi connectivity index (χ0v) is 47.2. The first-order valence-electron chi connectivity index (χ1n) is 27.9. The molecule has 0 bridgehead atoms. The number of likely N-dealkylation sites (tertiary alicyclic amines) is 1. The number of carbonyl (C=O) groups excluding carboxylic acids is 9. The number of carbonyl (C=O) groups is 10. The van der Waals surface area contributed by atoms with Gasteiger partial charge in [0.1, 0.15) is 42.3 Å². The average molecular weight is 1190 g/mol. The molecule has 86 heavy (non-hydrogen) atoms. The molecule has 11 unspecified atom stereocenters. The summed E-state index contributed by atoms with van der Waals surface area (Å²) in [5, 5.41) is 60.8. The Balaban J connectivity index is 1.09. The first-order valence-corrected chi connectivity index (χ1v) is 27.9. The molecule has 9 amide bonds. The Morgan fingerprint density at radius 3 is 1.64 bits per heavy atom. The highest BCUT2D eigenvalue weighted by molar-refractivity contribution is 5.99. The van der Waals surface area contributed by atoms with Crippen molar-refractivity contribution < 1.29 is 68.4 Å². The number of amides is 9. The minimum absolute atomic E-state index is 0.0499. The lowest BCUT2D eigenvalue weighted by molar-refractivity contribution is -0.146. The number of nitrogens with two attached hydrogens (primary N) is 2. The molecule has 458 valence electrons. The van der Waals surface area contributed by atoms with Crippen LogP contribution in [0.5, 0.6) is 0 Å².